The molecule has 11 heteroatoms. The fourth-order valence-electron chi connectivity index (χ4n) is 6.92. The molecule has 1 amide bonds. The van der Waals surface area contributed by atoms with E-state index in [1.54, 1.807) is 30.3 Å². The highest BCUT2D eigenvalue weighted by molar-refractivity contribution is 6.31. The van der Waals surface area contributed by atoms with Gasteiger partial charge in [-0.2, -0.15) is 0 Å². The molecule has 3 aromatic carbocycles. The van der Waals surface area contributed by atoms with E-state index in [2.05, 4.69) is 20.4 Å². The topological polar surface area (TPSA) is 96.5 Å². The number of aromatic amines is 1. The van der Waals surface area contributed by atoms with Crippen molar-refractivity contribution in [2.45, 2.75) is 43.7 Å². The van der Waals surface area contributed by atoms with E-state index in [9.17, 15) is 9.59 Å². The van der Waals surface area contributed by atoms with Crippen molar-refractivity contribution in [2.75, 3.05) is 25.6 Å². The van der Waals surface area contributed by atoms with Crippen LogP contribution in [0.25, 0.3) is 10.9 Å². The molecule has 0 unspecified atom stereocenters. The van der Waals surface area contributed by atoms with Gasteiger partial charge in [-0.05, 0) is 73.6 Å². The van der Waals surface area contributed by atoms with E-state index in [1.807, 2.05) is 19.1 Å². The number of nitrogens with zero attached hydrogens (tertiary/aromatic N) is 2. The largest absolute Gasteiger partial charge is 0.475 e. The van der Waals surface area contributed by atoms with Crippen molar-refractivity contribution in [2.24, 2.45) is 5.92 Å². The van der Waals surface area contributed by atoms with Crippen molar-refractivity contribution in [3.05, 3.63) is 86.6 Å². The van der Waals surface area contributed by atoms with Gasteiger partial charge in [0.1, 0.15) is 18.0 Å². The molecule has 3 atom stereocenters. The summed E-state index contributed by atoms with van der Waals surface area (Å²) < 4.78 is 27.1. The minimum absolute atomic E-state index is 0.00974. The minimum Gasteiger partial charge on any atom is -0.475 e. The Hall–Kier alpha value is -3.66. The molecule has 1 aromatic heterocycles. The quantitative estimate of drug-likeness (QED) is 0.225. The average molecular weight is 624 g/mol. The number of nitrogens with one attached hydrogen (secondary N) is 2. The van der Waals surface area contributed by atoms with Crippen LogP contribution < -0.4 is 10.1 Å². The SMILES string of the molecule is COC(=O)c1cc2c(OC[C@H]3C[C@H](c4cccc(Cl)c4F)[C@]4(C(=O)Nc5cc(Cl)ccc54)N3CC3CC3)n[nH]c2cc1C. The van der Waals surface area contributed by atoms with Crippen LogP contribution >= 0.6 is 23.2 Å². The molecule has 2 N–H and O–H groups in total. The number of carbonyl (C=O) groups is 2. The van der Waals surface area contributed by atoms with Crippen LogP contribution in [-0.4, -0.2) is 53.3 Å². The molecule has 4 aromatic rings. The van der Waals surface area contributed by atoms with Crippen LogP contribution in [0.15, 0.2) is 48.5 Å². The normalized spacial score (nSPS) is 23.1. The van der Waals surface area contributed by atoms with Crippen LogP contribution in [0, 0.1) is 18.7 Å². The lowest BCUT2D eigenvalue weighted by atomic mass is 9.75. The third-order valence-electron chi connectivity index (χ3n) is 9.09. The zero-order chi connectivity index (χ0) is 30.0. The first kappa shape index (κ1) is 28.1. The first-order chi connectivity index (χ1) is 20.7. The van der Waals surface area contributed by atoms with Crippen LogP contribution in [0.3, 0.4) is 0 Å². The predicted molar refractivity (Wildman–Crippen MR) is 161 cm³/mol. The van der Waals surface area contributed by atoms with E-state index >= 15 is 4.39 Å². The van der Waals surface area contributed by atoms with E-state index in [1.165, 1.54) is 13.2 Å². The molecule has 3 heterocycles. The third-order valence-corrected chi connectivity index (χ3v) is 9.62. The average Bonchev–Trinajstić information content (AvgIpc) is 3.55. The molecule has 1 saturated carbocycles. The van der Waals surface area contributed by atoms with Gasteiger partial charge in [-0.25, -0.2) is 9.18 Å². The fourth-order valence-corrected chi connectivity index (χ4v) is 7.27. The fraction of sp³-hybridized carbons (Fsp3) is 0.344. The molecule has 7 rings (SSSR count). The highest BCUT2D eigenvalue weighted by atomic mass is 35.5. The second-order valence-corrected chi connectivity index (χ2v) is 12.5. The summed E-state index contributed by atoms with van der Waals surface area (Å²) in [6.07, 6.45) is 2.56. The van der Waals surface area contributed by atoms with Crippen LogP contribution in [0.5, 0.6) is 5.88 Å². The summed E-state index contributed by atoms with van der Waals surface area (Å²) in [5, 5.41) is 11.6. The minimum atomic E-state index is -1.19. The molecule has 2 fully saturated rings. The summed E-state index contributed by atoms with van der Waals surface area (Å²) in [4.78, 5) is 28.8. The van der Waals surface area contributed by atoms with Gasteiger partial charge in [0.2, 0.25) is 11.8 Å². The number of benzene rings is 3. The van der Waals surface area contributed by atoms with Crippen molar-refractivity contribution < 1.29 is 23.5 Å². The van der Waals surface area contributed by atoms with Gasteiger partial charge in [-0.1, -0.05) is 41.4 Å². The van der Waals surface area contributed by atoms with Crippen molar-refractivity contribution >= 4 is 51.7 Å². The predicted octanol–water partition coefficient (Wildman–Crippen LogP) is 6.60. The first-order valence-electron chi connectivity index (χ1n) is 14.2. The summed E-state index contributed by atoms with van der Waals surface area (Å²) in [7, 11) is 1.34. The summed E-state index contributed by atoms with van der Waals surface area (Å²) >= 11 is 12.6. The van der Waals surface area contributed by atoms with Crippen LogP contribution in [0.4, 0.5) is 10.1 Å². The van der Waals surface area contributed by atoms with Gasteiger partial charge < -0.3 is 14.8 Å². The molecule has 0 radical (unpaired) electrons. The van der Waals surface area contributed by atoms with Gasteiger partial charge in [0.25, 0.3) is 0 Å². The van der Waals surface area contributed by atoms with Crippen LogP contribution in [-0.2, 0) is 15.1 Å². The van der Waals surface area contributed by atoms with E-state index in [0.717, 1.165) is 29.5 Å². The number of methoxy groups -OCH3 is 1. The Morgan fingerprint density at radius 3 is 2.77 bits per heavy atom. The number of ether oxygens (including phenoxy) is 2. The Morgan fingerprint density at radius 2 is 2.00 bits per heavy atom. The van der Waals surface area contributed by atoms with Gasteiger partial charge >= 0.3 is 5.97 Å². The maximum Gasteiger partial charge on any atom is 0.338 e. The first-order valence-corrected chi connectivity index (χ1v) is 15.0. The Labute approximate surface area is 257 Å². The van der Waals surface area contributed by atoms with E-state index in [4.69, 9.17) is 32.7 Å². The number of likely N-dealkylation sites (tertiary alicyclic amines) is 1. The van der Waals surface area contributed by atoms with Gasteiger partial charge in [0.15, 0.2) is 0 Å². The Morgan fingerprint density at radius 1 is 1.19 bits per heavy atom. The molecule has 1 saturated heterocycles. The van der Waals surface area contributed by atoms with Crippen molar-refractivity contribution in [1.29, 1.82) is 0 Å². The molecule has 8 nitrogen and oxygen atoms in total. The molecular weight excluding hydrogens is 594 g/mol. The second kappa shape index (κ2) is 10.5. The lowest BCUT2D eigenvalue weighted by Crippen LogP contribution is -2.53. The number of rotatable bonds is 7. The maximum absolute atomic E-state index is 15.7. The van der Waals surface area contributed by atoms with Gasteiger partial charge in [-0.15, -0.1) is 5.10 Å². The van der Waals surface area contributed by atoms with Gasteiger partial charge in [0, 0.05) is 34.8 Å². The zero-order valence-corrected chi connectivity index (χ0v) is 25.1. The molecule has 1 aliphatic carbocycles. The Balaban J connectivity index is 1.31. The van der Waals surface area contributed by atoms with E-state index in [0.29, 0.717) is 52.0 Å². The van der Waals surface area contributed by atoms with Crippen molar-refractivity contribution in [3.8, 4) is 5.88 Å². The van der Waals surface area contributed by atoms with E-state index in [-0.39, 0.29) is 23.6 Å². The molecule has 43 heavy (non-hydrogen) atoms. The number of carbonyl (C=O) groups excluding carboxylic acids is 2. The number of fused-ring (bicyclic) bond motifs is 3. The molecule has 0 bridgehead atoms. The Bertz CT molecular complexity index is 1790. The number of hydrogen-bond donors (Lipinski definition) is 2. The van der Waals surface area contributed by atoms with Gasteiger partial charge in [0.05, 0.1) is 28.6 Å². The summed E-state index contributed by atoms with van der Waals surface area (Å²) in [6.45, 7) is 2.66. The monoisotopic (exact) mass is 622 g/mol. The summed E-state index contributed by atoms with van der Waals surface area (Å²) in [5.74, 6) is -0.992. The molecule has 3 aliphatic rings. The number of aryl methyl sites for hydroxylation is 1. The second-order valence-electron chi connectivity index (χ2n) is 11.6. The third kappa shape index (κ3) is 4.48. The smallest absolute Gasteiger partial charge is 0.338 e. The highest BCUT2D eigenvalue weighted by Crippen LogP contribution is 2.58. The van der Waals surface area contributed by atoms with Crippen molar-refractivity contribution in [3.63, 3.8) is 0 Å². The maximum atomic E-state index is 15.7. The summed E-state index contributed by atoms with van der Waals surface area (Å²) in [6, 6.07) is 13.6. The lowest BCUT2D eigenvalue weighted by molar-refractivity contribution is -0.128. The van der Waals surface area contributed by atoms with Gasteiger partial charge in [-0.3, -0.25) is 14.8 Å². The molecule has 2 aliphatic heterocycles. The molecule has 1 spiro atoms. The molecular formula is C32H29Cl2FN4O4. The Kier molecular flexibility index (Phi) is 6.87. The number of anilines is 1. The number of aromatic nitrogens is 2. The number of H-pyrrole nitrogens is 1. The number of halogens is 3. The highest BCUT2D eigenvalue weighted by Gasteiger charge is 2.64. The summed E-state index contributed by atoms with van der Waals surface area (Å²) in [5.41, 5.74) is 2.47. The van der Waals surface area contributed by atoms with Crippen LogP contribution in [0.2, 0.25) is 10.0 Å². The zero-order valence-electron chi connectivity index (χ0n) is 23.5. The standard InChI is InChI=1S/C32H29Cl2FN4O4/c1-16-10-26-22(13-21(16)30(40)42-2)29(38-37-26)43-15-19-12-24(20-4-3-5-25(34)28(20)35)32(39(19)14-17-6-7-17)23-9-8-18(33)11-27(23)36-31(32)41/h3-5,8-11,13,17,19,24H,6-7,12,14-15H2,1-2H3,(H,36,41)(H,37,38)/t19-,24-,32-/m1/s1. The number of hydrogen-bond acceptors (Lipinski definition) is 6. The van der Waals surface area contributed by atoms with Crippen LogP contribution in [0.1, 0.15) is 52.2 Å². The number of amides is 1. The van der Waals surface area contributed by atoms with Crippen molar-refractivity contribution in [1.82, 2.24) is 15.1 Å². The number of esters is 1. The van der Waals surface area contributed by atoms with E-state index < -0.39 is 23.2 Å². The molecule has 222 valence electrons. The lowest BCUT2D eigenvalue weighted by Gasteiger charge is -2.40.